The molecule has 1 N–H and O–H groups in total. The molecule has 0 bridgehead atoms. The van der Waals surface area contributed by atoms with Crippen molar-refractivity contribution in [2.75, 3.05) is 0 Å². The number of aromatic carboxylic acids is 1. The van der Waals surface area contributed by atoms with Gasteiger partial charge in [0.15, 0.2) is 5.78 Å². The van der Waals surface area contributed by atoms with Crippen molar-refractivity contribution in [3.05, 3.63) is 113 Å². The normalized spacial score (nSPS) is 11.6. The van der Waals surface area contributed by atoms with E-state index in [2.05, 4.69) is 31.9 Å². The molecule has 168 valence electrons. The maximum atomic E-state index is 13.4. The Morgan fingerprint density at radius 3 is 2.09 bits per heavy atom. The van der Waals surface area contributed by atoms with Gasteiger partial charge in [0.05, 0.1) is 19.9 Å². The van der Waals surface area contributed by atoms with Crippen molar-refractivity contribution in [2.45, 2.75) is 5.75 Å². The van der Waals surface area contributed by atoms with Crippen molar-refractivity contribution in [1.82, 2.24) is 0 Å². The van der Waals surface area contributed by atoms with Crippen molar-refractivity contribution in [1.29, 1.82) is 0 Å². The van der Waals surface area contributed by atoms with Gasteiger partial charge in [-0.15, -0.1) is 11.8 Å². The molecule has 0 unspecified atom stereocenters. The number of benzene rings is 3. The second kappa shape index (κ2) is 11.4. The summed E-state index contributed by atoms with van der Waals surface area (Å²) in [6.45, 7) is 0. The Hall–Kier alpha value is -2.02. The van der Waals surface area contributed by atoms with E-state index >= 15 is 0 Å². The molecule has 0 aliphatic rings. The quantitative estimate of drug-likeness (QED) is 0.0849. The summed E-state index contributed by atoms with van der Waals surface area (Å²) in [6, 6.07) is 18.1. The van der Waals surface area contributed by atoms with Crippen LogP contribution in [0.25, 0.3) is 3.58 Å². The molecule has 3 aromatic rings. The van der Waals surface area contributed by atoms with Gasteiger partial charge in [0.1, 0.15) is 0 Å². The molecule has 0 heterocycles. The molecule has 0 atom stereocenters. The first-order valence-electron chi connectivity index (χ1n) is 9.26. The number of Topliss-reactive ketones (excluding diaryl/α,β-unsaturated/α-hetero) is 1. The van der Waals surface area contributed by atoms with Crippen LogP contribution in [0.15, 0.2) is 80.6 Å². The number of thioether (sulfide) groups is 1. The Kier molecular flexibility index (Phi) is 8.85. The van der Waals surface area contributed by atoms with E-state index in [0.29, 0.717) is 29.8 Å². The molecule has 0 amide bonds. The first-order valence-corrected chi connectivity index (χ1v) is 12.9. The minimum Gasteiger partial charge on any atom is -0.478 e. The van der Waals surface area contributed by atoms with Gasteiger partial charge in [-0.25, -0.2) is 4.79 Å². The SMILES string of the molecule is O=C(O)c1ccc(C(=O)C(SCc2ccc(Br)cc2)=C(I)c2ccc(Br)c([N+](=O)[O-])c2)cc1. The molecular formula is C23H14Br2INO5S. The van der Waals surface area contributed by atoms with Crippen molar-refractivity contribution in [3.63, 3.8) is 0 Å². The highest BCUT2D eigenvalue weighted by molar-refractivity contribution is 14.1. The third-order valence-electron chi connectivity index (χ3n) is 4.49. The van der Waals surface area contributed by atoms with Crippen LogP contribution in [0, 0.1) is 10.1 Å². The fourth-order valence-corrected chi connectivity index (χ4v) is 5.48. The molecule has 0 aliphatic carbocycles. The Morgan fingerprint density at radius 2 is 1.52 bits per heavy atom. The van der Waals surface area contributed by atoms with E-state index in [1.165, 1.54) is 42.1 Å². The minimum absolute atomic E-state index is 0.0813. The van der Waals surface area contributed by atoms with Crippen LogP contribution in [0.2, 0.25) is 0 Å². The zero-order valence-electron chi connectivity index (χ0n) is 16.6. The molecule has 0 saturated carbocycles. The molecular weight excluding hydrogens is 689 g/mol. The lowest BCUT2D eigenvalue weighted by Crippen LogP contribution is -2.05. The van der Waals surface area contributed by atoms with Crippen molar-refractivity contribution >= 4 is 87.2 Å². The molecule has 33 heavy (non-hydrogen) atoms. The number of allylic oxidation sites excluding steroid dienone is 1. The lowest BCUT2D eigenvalue weighted by Gasteiger charge is -2.12. The molecule has 3 aromatic carbocycles. The third-order valence-corrected chi connectivity index (χ3v) is 8.38. The highest BCUT2D eigenvalue weighted by atomic mass is 127. The molecule has 10 heteroatoms. The van der Waals surface area contributed by atoms with Crippen LogP contribution in [0.4, 0.5) is 5.69 Å². The van der Waals surface area contributed by atoms with Crippen LogP contribution in [-0.4, -0.2) is 21.8 Å². The van der Waals surface area contributed by atoms with E-state index in [1.54, 1.807) is 12.1 Å². The van der Waals surface area contributed by atoms with Crippen molar-refractivity contribution < 1.29 is 19.6 Å². The number of hydrogen-bond acceptors (Lipinski definition) is 5. The maximum absolute atomic E-state index is 13.4. The molecule has 0 aliphatic heterocycles. The molecule has 0 aromatic heterocycles. The van der Waals surface area contributed by atoms with Crippen molar-refractivity contribution in [3.8, 4) is 0 Å². The highest BCUT2D eigenvalue weighted by Gasteiger charge is 2.21. The number of ketones is 1. The standard InChI is InChI=1S/C23H14Br2INO5S/c24-17-8-1-13(2-9-17)12-33-22(21(28)14-3-5-15(6-4-14)23(29)30)20(26)16-7-10-18(25)19(11-16)27(31)32/h1-11H,12H2,(H,29,30). The number of nitrogens with zero attached hydrogens (tertiary/aromatic N) is 1. The predicted octanol–water partition coefficient (Wildman–Crippen LogP) is 7.74. The van der Waals surface area contributed by atoms with E-state index in [1.807, 2.05) is 46.9 Å². The first kappa shape index (κ1) is 25.6. The number of nitro benzene ring substituents is 1. The average molecular weight is 703 g/mol. The topological polar surface area (TPSA) is 97.5 Å². The van der Waals surface area contributed by atoms with Gasteiger partial charge in [-0.05, 0) is 80.0 Å². The summed E-state index contributed by atoms with van der Waals surface area (Å²) in [6.07, 6.45) is 0. The number of hydrogen-bond donors (Lipinski definition) is 1. The monoisotopic (exact) mass is 701 g/mol. The molecule has 0 fully saturated rings. The average Bonchev–Trinajstić information content (AvgIpc) is 2.80. The molecule has 6 nitrogen and oxygen atoms in total. The van der Waals surface area contributed by atoms with E-state index < -0.39 is 10.9 Å². The summed E-state index contributed by atoms with van der Waals surface area (Å²) in [5.41, 5.74) is 1.86. The lowest BCUT2D eigenvalue weighted by atomic mass is 10.1. The van der Waals surface area contributed by atoms with Gasteiger partial charge in [-0.3, -0.25) is 14.9 Å². The van der Waals surface area contributed by atoms with Crippen LogP contribution in [0.5, 0.6) is 0 Å². The maximum Gasteiger partial charge on any atom is 0.335 e. The van der Waals surface area contributed by atoms with Gasteiger partial charge in [0.2, 0.25) is 0 Å². The first-order chi connectivity index (χ1) is 15.7. The van der Waals surface area contributed by atoms with Crippen molar-refractivity contribution in [2.24, 2.45) is 0 Å². The second-order valence-electron chi connectivity index (χ2n) is 6.69. The highest BCUT2D eigenvalue weighted by Crippen LogP contribution is 2.38. The van der Waals surface area contributed by atoms with E-state index in [4.69, 9.17) is 5.11 Å². The molecule has 0 saturated heterocycles. The van der Waals surface area contributed by atoms with Gasteiger partial charge in [0, 0.05) is 25.4 Å². The smallest absolute Gasteiger partial charge is 0.335 e. The van der Waals surface area contributed by atoms with Crippen LogP contribution in [0.3, 0.4) is 0 Å². The van der Waals surface area contributed by atoms with Crippen LogP contribution < -0.4 is 0 Å². The van der Waals surface area contributed by atoms with Crippen LogP contribution in [0.1, 0.15) is 31.8 Å². The largest absolute Gasteiger partial charge is 0.478 e. The fourth-order valence-electron chi connectivity index (χ4n) is 2.78. The predicted molar refractivity (Wildman–Crippen MR) is 145 cm³/mol. The summed E-state index contributed by atoms with van der Waals surface area (Å²) in [4.78, 5) is 35.9. The lowest BCUT2D eigenvalue weighted by molar-refractivity contribution is -0.385. The van der Waals surface area contributed by atoms with Crippen LogP contribution in [-0.2, 0) is 5.75 Å². The fraction of sp³-hybridized carbons (Fsp3) is 0.0435. The second-order valence-corrected chi connectivity index (χ2v) is 10.5. The summed E-state index contributed by atoms with van der Waals surface area (Å²) in [7, 11) is 0. The summed E-state index contributed by atoms with van der Waals surface area (Å²) < 4.78 is 1.86. The van der Waals surface area contributed by atoms with Crippen LogP contribution >= 0.6 is 66.2 Å². The number of halogens is 3. The summed E-state index contributed by atoms with van der Waals surface area (Å²) in [5.74, 6) is -0.859. The summed E-state index contributed by atoms with van der Waals surface area (Å²) >= 11 is 9.94. The van der Waals surface area contributed by atoms with E-state index in [-0.39, 0.29) is 17.0 Å². The number of rotatable bonds is 8. The van der Waals surface area contributed by atoms with Gasteiger partial charge < -0.3 is 5.11 Å². The number of carboxylic acid groups (broad SMARTS) is 1. The van der Waals surface area contributed by atoms with Gasteiger partial charge in [-0.1, -0.05) is 46.3 Å². The molecule has 0 spiro atoms. The number of carbonyl (C=O) groups excluding carboxylic acids is 1. The minimum atomic E-state index is -1.08. The van der Waals surface area contributed by atoms with E-state index in [9.17, 15) is 19.7 Å². The Balaban J connectivity index is 2.04. The molecule has 3 rings (SSSR count). The Bertz CT molecular complexity index is 1260. The number of nitro groups is 1. The van der Waals surface area contributed by atoms with E-state index in [0.717, 1.165) is 10.0 Å². The zero-order chi connectivity index (χ0) is 24.1. The van der Waals surface area contributed by atoms with Gasteiger partial charge in [0.25, 0.3) is 5.69 Å². The number of carbonyl (C=O) groups is 2. The third kappa shape index (κ3) is 6.52. The number of carboxylic acids is 1. The summed E-state index contributed by atoms with van der Waals surface area (Å²) in [5, 5.41) is 20.5. The Morgan fingerprint density at radius 1 is 0.939 bits per heavy atom. The van der Waals surface area contributed by atoms with Gasteiger partial charge in [-0.2, -0.15) is 0 Å². The van der Waals surface area contributed by atoms with Gasteiger partial charge >= 0.3 is 5.97 Å². The Labute approximate surface area is 224 Å². The molecule has 0 radical (unpaired) electrons. The zero-order valence-corrected chi connectivity index (χ0v) is 22.8.